The molecule has 1 heterocycles. The molecule has 5 rings (SSSR count). The zero-order valence-electron chi connectivity index (χ0n) is 17.4. The second-order valence-corrected chi connectivity index (χ2v) is 9.74. The van der Waals surface area contributed by atoms with Crippen LogP contribution in [0, 0.1) is 6.92 Å². The van der Waals surface area contributed by atoms with Gasteiger partial charge >= 0.3 is 5.97 Å². The lowest BCUT2D eigenvalue weighted by molar-refractivity contribution is -0.147. The first-order chi connectivity index (χ1) is 14.9. The summed E-state index contributed by atoms with van der Waals surface area (Å²) < 4.78 is 17.6. The van der Waals surface area contributed by atoms with Crippen LogP contribution in [0.25, 0.3) is 6.08 Å². The minimum Gasteiger partial charge on any atom is -0.467 e. The van der Waals surface area contributed by atoms with Gasteiger partial charge in [-0.1, -0.05) is 33.6 Å². The van der Waals surface area contributed by atoms with E-state index < -0.39 is 5.54 Å². The average Bonchev–Trinajstić information content (AvgIpc) is 3.33. The second-order valence-electron chi connectivity index (χ2n) is 8.48. The highest BCUT2D eigenvalue weighted by atomic mass is 79.9. The van der Waals surface area contributed by atoms with E-state index in [1.165, 1.54) is 12.7 Å². The molecule has 0 amide bonds. The zero-order chi connectivity index (χ0) is 21.8. The summed E-state index contributed by atoms with van der Waals surface area (Å²) in [5.74, 6) is 1.32. The van der Waals surface area contributed by atoms with E-state index in [4.69, 9.17) is 25.8 Å². The average molecular weight is 505 g/mol. The standard InChI is InChI=1S/C24H23BrClNO4/c1-14-17(26)4-3-5-18(14)27-24(22(28)29-2)8-6-23(7-9-24)16-12-20-19(30-13-31-20)10-15(16)11-21(23)25/h3-5,10-12,27H,6-9,13H2,1-2H3. The minimum atomic E-state index is -0.804. The first-order valence-corrected chi connectivity index (χ1v) is 11.5. The van der Waals surface area contributed by atoms with Crippen LogP contribution in [0.2, 0.25) is 5.02 Å². The molecule has 5 nitrogen and oxygen atoms in total. The number of esters is 1. The third-order valence-corrected chi connectivity index (χ3v) is 8.37. The number of ether oxygens (including phenoxy) is 3. The highest BCUT2D eigenvalue weighted by molar-refractivity contribution is 9.11. The van der Waals surface area contributed by atoms with E-state index in [0.717, 1.165) is 45.6 Å². The Morgan fingerprint density at radius 2 is 1.87 bits per heavy atom. The summed E-state index contributed by atoms with van der Waals surface area (Å²) in [6.45, 7) is 2.21. The maximum Gasteiger partial charge on any atom is 0.331 e. The number of carbonyl (C=O) groups excluding carboxylic acids is 1. The normalized spacial score (nSPS) is 25.9. The van der Waals surface area contributed by atoms with E-state index in [9.17, 15) is 4.79 Å². The van der Waals surface area contributed by atoms with Crippen LogP contribution >= 0.6 is 27.5 Å². The number of carbonyl (C=O) groups is 1. The van der Waals surface area contributed by atoms with E-state index in [0.29, 0.717) is 17.9 Å². The predicted molar refractivity (Wildman–Crippen MR) is 124 cm³/mol. The van der Waals surface area contributed by atoms with Gasteiger partial charge in [0.2, 0.25) is 6.79 Å². The molecule has 2 aliphatic carbocycles. The van der Waals surface area contributed by atoms with E-state index >= 15 is 0 Å². The smallest absolute Gasteiger partial charge is 0.331 e. The molecule has 7 heteroatoms. The van der Waals surface area contributed by atoms with E-state index in [-0.39, 0.29) is 18.2 Å². The number of anilines is 1. The second kappa shape index (κ2) is 7.45. The Morgan fingerprint density at radius 3 is 2.58 bits per heavy atom. The molecule has 1 spiro atoms. The summed E-state index contributed by atoms with van der Waals surface area (Å²) in [5, 5.41) is 4.17. The number of benzene rings is 2. The summed E-state index contributed by atoms with van der Waals surface area (Å²) in [5.41, 5.74) is 3.16. The number of halogens is 2. The number of rotatable bonds is 3. The van der Waals surface area contributed by atoms with Crippen molar-refractivity contribution in [3.8, 4) is 11.5 Å². The Bertz CT molecular complexity index is 1100. The van der Waals surface area contributed by atoms with Gasteiger partial charge in [0.25, 0.3) is 0 Å². The molecule has 0 aromatic heterocycles. The highest BCUT2D eigenvalue weighted by Gasteiger charge is 2.52. The van der Waals surface area contributed by atoms with Crippen LogP contribution in [0.3, 0.4) is 0 Å². The van der Waals surface area contributed by atoms with Gasteiger partial charge in [0.15, 0.2) is 11.5 Å². The first-order valence-electron chi connectivity index (χ1n) is 10.3. The van der Waals surface area contributed by atoms with Crippen LogP contribution < -0.4 is 14.8 Å². The topological polar surface area (TPSA) is 56.8 Å². The summed E-state index contributed by atoms with van der Waals surface area (Å²) in [7, 11) is 1.45. The lowest BCUT2D eigenvalue weighted by atomic mass is 9.65. The Hall–Kier alpha value is -2.18. The molecular weight excluding hydrogens is 482 g/mol. The predicted octanol–water partition coefficient (Wildman–Crippen LogP) is 5.96. The van der Waals surface area contributed by atoms with Gasteiger partial charge in [0, 0.05) is 20.6 Å². The molecule has 0 unspecified atom stereocenters. The van der Waals surface area contributed by atoms with Gasteiger partial charge in [0.05, 0.1) is 7.11 Å². The van der Waals surface area contributed by atoms with Crippen LogP contribution in [-0.2, 0) is 14.9 Å². The molecule has 162 valence electrons. The van der Waals surface area contributed by atoms with Gasteiger partial charge in [-0.2, -0.15) is 0 Å². The molecule has 1 aliphatic heterocycles. The maximum atomic E-state index is 13.0. The fourth-order valence-corrected chi connectivity index (χ4v) is 6.11. The van der Waals surface area contributed by atoms with Crippen molar-refractivity contribution in [2.75, 3.05) is 19.2 Å². The van der Waals surface area contributed by atoms with Crippen LogP contribution in [0.1, 0.15) is 42.4 Å². The quantitative estimate of drug-likeness (QED) is 0.523. The van der Waals surface area contributed by atoms with Gasteiger partial charge in [-0.05, 0) is 79.6 Å². The highest BCUT2D eigenvalue weighted by Crippen LogP contribution is 2.57. The summed E-state index contributed by atoms with van der Waals surface area (Å²) >= 11 is 10.2. The number of methoxy groups -OCH3 is 1. The molecule has 0 atom stereocenters. The Kier molecular flexibility index (Phi) is 4.98. The molecule has 1 fully saturated rings. The van der Waals surface area contributed by atoms with Crippen molar-refractivity contribution in [2.45, 2.75) is 43.6 Å². The van der Waals surface area contributed by atoms with Crippen LogP contribution in [0.4, 0.5) is 5.69 Å². The van der Waals surface area contributed by atoms with E-state index in [1.54, 1.807) is 0 Å². The molecule has 0 bridgehead atoms. The molecule has 0 saturated heterocycles. The summed E-state index contributed by atoms with van der Waals surface area (Å²) in [6, 6.07) is 9.84. The molecule has 3 aliphatic rings. The van der Waals surface area contributed by atoms with Gasteiger partial charge in [0.1, 0.15) is 5.54 Å². The fourth-order valence-electron chi connectivity index (χ4n) is 5.08. The van der Waals surface area contributed by atoms with Crippen molar-refractivity contribution in [1.82, 2.24) is 0 Å². The van der Waals surface area contributed by atoms with Crippen molar-refractivity contribution in [2.24, 2.45) is 0 Å². The summed E-state index contributed by atoms with van der Waals surface area (Å²) in [6.07, 6.45) is 5.00. The van der Waals surface area contributed by atoms with Crippen molar-refractivity contribution in [3.63, 3.8) is 0 Å². The fraction of sp³-hybridized carbons (Fsp3) is 0.375. The number of hydrogen-bond donors (Lipinski definition) is 1. The molecule has 1 saturated carbocycles. The van der Waals surface area contributed by atoms with Crippen molar-refractivity contribution >= 4 is 45.3 Å². The molecule has 31 heavy (non-hydrogen) atoms. The molecule has 2 aromatic rings. The largest absolute Gasteiger partial charge is 0.467 e. The SMILES string of the molecule is COC(=O)C1(Nc2cccc(Cl)c2C)CCC2(CC1)C(Br)=Cc1cc3c(cc12)OCO3. The van der Waals surface area contributed by atoms with Crippen LogP contribution in [-0.4, -0.2) is 25.4 Å². The molecule has 2 aromatic carbocycles. The Morgan fingerprint density at radius 1 is 1.16 bits per heavy atom. The lowest BCUT2D eigenvalue weighted by Gasteiger charge is -2.45. The number of hydrogen-bond acceptors (Lipinski definition) is 5. The Balaban J connectivity index is 1.48. The van der Waals surface area contributed by atoms with Crippen molar-refractivity contribution in [3.05, 3.63) is 56.5 Å². The number of fused-ring (bicyclic) bond motifs is 3. The van der Waals surface area contributed by atoms with E-state index in [2.05, 4.69) is 33.4 Å². The van der Waals surface area contributed by atoms with Crippen molar-refractivity contribution < 1.29 is 19.0 Å². The summed E-state index contributed by atoms with van der Waals surface area (Å²) in [4.78, 5) is 13.0. The molecule has 1 N–H and O–H groups in total. The third kappa shape index (κ3) is 3.14. The van der Waals surface area contributed by atoms with E-state index in [1.807, 2.05) is 31.2 Å². The zero-order valence-corrected chi connectivity index (χ0v) is 19.7. The lowest BCUT2D eigenvalue weighted by Crippen LogP contribution is -2.52. The number of allylic oxidation sites excluding steroid dienone is 1. The monoisotopic (exact) mass is 503 g/mol. The maximum absolute atomic E-state index is 13.0. The third-order valence-electron chi connectivity index (χ3n) is 6.97. The van der Waals surface area contributed by atoms with Gasteiger partial charge in [-0.15, -0.1) is 0 Å². The number of nitrogens with one attached hydrogen (secondary N) is 1. The van der Waals surface area contributed by atoms with Gasteiger partial charge in [-0.25, -0.2) is 4.79 Å². The minimum absolute atomic E-state index is 0.182. The van der Waals surface area contributed by atoms with Crippen molar-refractivity contribution in [1.29, 1.82) is 0 Å². The first kappa shape index (κ1) is 20.7. The van der Waals surface area contributed by atoms with Crippen LogP contribution in [0.5, 0.6) is 11.5 Å². The molecular formula is C24H23BrClNO4. The molecule has 0 radical (unpaired) electrons. The Labute approximate surface area is 194 Å². The van der Waals surface area contributed by atoms with Gasteiger partial charge in [-0.3, -0.25) is 0 Å². The van der Waals surface area contributed by atoms with Gasteiger partial charge < -0.3 is 19.5 Å². The van der Waals surface area contributed by atoms with Crippen LogP contribution in [0.15, 0.2) is 34.8 Å².